The Bertz CT molecular complexity index is 397. The van der Waals surface area contributed by atoms with Crippen molar-refractivity contribution < 1.29 is 14.6 Å². The van der Waals surface area contributed by atoms with Gasteiger partial charge < -0.3 is 14.4 Å². The maximum atomic E-state index is 11.6. The second-order valence-corrected chi connectivity index (χ2v) is 3.05. The Balaban J connectivity index is 2.90. The van der Waals surface area contributed by atoms with Crippen molar-refractivity contribution in [2.45, 2.75) is 19.9 Å². The summed E-state index contributed by atoms with van der Waals surface area (Å²) >= 11 is 0. The molecule has 0 spiro atoms. The molecule has 0 fully saturated rings. The summed E-state index contributed by atoms with van der Waals surface area (Å²) in [5.41, 5.74) is -0.409. The molecule has 1 aromatic heterocycles. The Morgan fingerprint density at radius 3 is 2.93 bits per heavy atom. The smallest absolute Gasteiger partial charge is 0.323 e. The second-order valence-electron chi connectivity index (χ2n) is 3.05. The molecule has 5 nitrogen and oxygen atoms in total. The van der Waals surface area contributed by atoms with Crippen molar-refractivity contribution in [1.82, 2.24) is 4.57 Å². The molecule has 0 aliphatic carbocycles. The lowest BCUT2D eigenvalue weighted by molar-refractivity contribution is -0.137. The van der Waals surface area contributed by atoms with E-state index in [0.29, 0.717) is 6.61 Å². The van der Waals surface area contributed by atoms with Crippen molar-refractivity contribution in [3.63, 3.8) is 0 Å². The zero-order valence-corrected chi connectivity index (χ0v) is 8.47. The molecule has 0 amide bonds. The van der Waals surface area contributed by atoms with Crippen LogP contribution >= 0.6 is 0 Å². The Hall–Kier alpha value is -1.78. The molecule has 0 saturated carbocycles. The molecule has 1 rings (SSSR count). The van der Waals surface area contributed by atoms with Crippen LogP contribution in [0, 0.1) is 0 Å². The van der Waals surface area contributed by atoms with Gasteiger partial charge in [-0.25, -0.2) is 0 Å². The fourth-order valence-corrected chi connectivity index (χ4v) is 1.11. The lowest BCUT2D eigenvalue weighted by Crippen LogP contribution is -2.24. The molecular weight excluding hydrogens is 198 g/mol. The highest BCUT2D eigenvalue weighted by atomic mass is 16.5. The van der Waals surface area contributed by atoms with E-state index in [0.717, 1.165) is 11.0 Å². The Labute approximate surface area is 86.9 Å². The molecule has 1 N–H and O–H groups in total. The Morgan fingerprint density at radius 2 is 2.33 bits per heavy atom. The minimum Gasteiger partial charge on any atom is -0.488 e. The van der Waals surface area contributed by atoms with Crippen LogP contribution in [0.2, 0.25) is 0 Å². The Morgan fingerprint density at radius 1 is 1.60 bits per heavy atom. The SMILES string of the molecule is CCCOc1cccn(CC(=O)O)c1=O. The number of carboxylic acids is 1. The molecule has 82 valence electrons. The molecule has 0 aromatic carbocycles. The van der Waals surface area contributed by atoms with E-state index in [9.17, 15) is 9.59 Å². The van der Waals surface area contributed by atoms with Crippen LogP contribution in [0.4, 0.5) is 0 Å². The van der Waals surface area contributed by atoms with Gasteiger partial charge in [-0.05, 0) is 18.6 Å². The van der Waals surface area contributed by atoms with Gasteiger partial charge in [0.15, 0.2) is 5.75 Å². The van der Waals surface area contributed by atoms with Gasteiger partial charge in [-0.1, -0.05) is 6.92 Å². The average molecular weight is 211 g/mol. The van der Waals surface area contributed by atoms with E-state index in [1.54, 1.807) is 6.07 Å². The first-order chi connectivity index (χ1) is 7.15. The van der Waals surface area contributed by atoms with Crippen LogP contribution in [0.3, 0.4) is 0 Å². The van der Waals surface area contributed by atoms with Gasteiger partial charge in [-0.3, -0.25) is 9.59 Å². The molecule has 0 saturated heterocycles. The van der Waals surface area contributed by atoms with Gasteiger partial charge >= 0.3 is 5.97 Å². The highest BCUT2D eigenvalue weighted by molar-refractivity contribution is 5.66. The topological polar surface area (TPSA) is 68.5 Å². The third kappa shape index (κ3) is 3.12. The zero-order valence-electron chi connectivity index (χ0n) is 8.47. The molecular formula is C10H13NO4. The predicted molar refractivity (Wildman–Crippen MR) is 54.1 cm³/mol. The minimum atomic E-state index is -1.05. The van der Waals surface area contributed by atoms with Gasteiger partial charge in [0.2, 0.25) is 0 Å². The molecule has 5 heteroatoms. The molecule has 0 bridgehead atoms. The van der Waals surface area contributed by atoms with Crippen LogP contribution in [-0.4, -0.2) is 22.2 Å². The summed E-state index contributed by atoms with van der Waals surface area (Å²) < 4.78 is 6.29. The van der Waals surface area contributed by atoms with E-state index in [1.807, 2.05) is 6.92 Å². The zero-order chi connectivity index (χ0) is 11.3. The van der Waals surface area contributed by atoms with Gasteiger partial charge in [-0.2, -0.15) is 0 Å². The number of aromatic nitrogens is 1. The molecule has 0 unspecified atom stereocenters. The van der Waals surface area contributed by atoms with Crippen molar-refractivity contribution >= 4 is 5.97 Å². The van der Waals surface area contributed by atoms with Crippen LogP contribution in [0.1, 0.15) is 13.3 Å². The fourth-order valence-electron chi connectivity index (χ4n) is 1.11. The first-order valence-corrected chi connectivity index (χ1v) is 4.69. The van der Waals surface area contributed by atoms with E-state index in [1.165, 1.54) is 12.3 Å². The first-order valence-electron chi connectivity index (χ1n) is 4.69. The predicted octanol–water partition coefficient (Wildman–Crippen LogP) is 0.722. The maximum Gasteiger partial charge on any atom is 0.323 e. The molecule has 0 radical (unpaired) electrons. The van der Waals surface area contributed by atoms with Gasteiger partial charge in [0.05, 0.1) is 6.61 Å². The normalized spacial score (nSPS) is 9.93. The average Bonchev–Trinajstić information content (AvgIpc) is 2.19. The number of carboxylic acid groups (broad SMARTS) is 1. The summed E-state index contributed by atoms with van der Waals surface area (Å²) in [5.74, 6) is -0.856. The molecule has 0 atom stereocenters. The van der Waals surface area contributed by atoms with Crippen LogP contribution in [0.5, 0.6) is 5.75 Å². The van der Waals surface area contributed by atoms with Crippen molar-refractivity contribution in [2.75, 3.05) is 6.61 Å². The second kappa shape index (κ2) is 5.19. The van der Waals surface area contributed by atoms with Gasteiger partial charge in [0, 0.05) is 6.20 Å². The molecule has 15 heavy (non-hydrogen) atoms. The highest BCUT2D eigenvalue weighted by Crippen LogP contribution is 2.02. The summed E-state index contributed by atoms with van der Waals surface area (Å²) in [6, 6.07) is 3.13. The van der Waals surface area contributed by atoms with Gasteiger partial charge in [0.25, 0.3) is 5.56 Å². The minimum absolute atomic E-state index is 0.195. The quantitative estimate of drug-likeness (QED) is 0.779. The third-order valence-corrected chi connectivity index (χ3v) is 1.75. The lowest BCUT2D eigenvalue weighted by atomic mass is 10.4. The van der Waals surface area contributed by atoms with Gasteiger partial charge in [-0.15, -0.1) is 0 Å². The standard InChI is InChI=1S/C10H13NO4/c1-2-6-15-8-4-3-5-11(10(8)14)7-9(12)13/h3-5H,2,6-7H2,1H3,(H,12,13). The van der Waals surface area contributed by atoms with Crippen LogP contribution in [0.15, 0.2) is 23.1 Å². The molecule has 1 aromatic rings. The summed E-state index contributed by atoms with van der Waals surface area (Å²) in [7, 11) is 0. The molecule has 0 aliphatic heterocycles. The summed E-state index contributed by atoms with van der Waals surface area (Å²) in [6.07, 6.45) is 2.22. The summed E-state index contributed by atoms with van der Waals surface area (Å²) in [4.78, 5) is 22.0. The number of carbonyl (C=O) groups is 1. The van der Waals surface area contributed by atoms with E-state index >= 15 is 0 Å². The van der Waals surface area contributed by atoms with Crippen molar-refractivity contribution in [3.8, 4) is 5.75 Å². The fraction of sp³-hybridized carbons (Fsp3) is 0.400. The van der Waals surface area contributed by atoms with Crippen LogP contribution in [-0.2, 0) is 11.3 Å². The number of ether oxygens (including phenoxy) is 1. The Kier molecular flexibility index (Phi) is 3.91. The van der Waals surface area contributed by atoms with Gasteiger partial charge in [0.1, 0.15) is 6.54 Å². The van der Waals surface area contributed by atoms with E-state index in [2.05, 4.69) is 0 Å². The van der Waals surface area contributed by atoms with Crippen molar-refractivity contribution in [3.05, 3.63) is 28.7 Å². The van der Waals surface area contributed by atoms with Crippen LogP contribution in [0.25, 0.3) is 0 Å². The van der Waals surface area contributed by atoms with Crippen molar-refractivity contribution in [1.29, 1.82) is 0 Å². The number of hydrogen-bond acceptors (Lipinski definition) is 3. The monoisotopic (exact) mass is 211 g/mol. The highest BCUT2D eigenvalue weighted by Gasteiger charge is 2.06. The summed E-state index contributed by atoms with van der Waals surface area (Å²) in [6.45, 7) is 2.03. The van der Waals surface area contributed by atoms with E-state index in [-0.39, 0.29) is 12.3 Å². The third-order valence-electron chi connectivity index (χ3n) is 1.75. The number of pyridine rings is 1. The number of hydrogen-bond donors (Lipinski definition) is 1. The lowest BCUT2D eigenvalue weighted by Gasteiger charge is -2.06. The molecule has 1 heterocycles. The van der Waals surface area contributed by atoms with E-state index in [4.69, 9.17) is 9.84 Å². The number of nitrogens with zero attached hydrogens (tertiary/aromatic N) is 1. The molecule has 0 aliphatic rings. The van der Waals surface area contributed by atoms with Crippen molar-refractivity contribution in [2.24, 2.45) is 0 Å². The maximum absolute atomic E-state index is 11.6. The first kappa shape index (κ1) is 11.3. The summed E-state index contributed by atoms with van der Waals surface area (Å²) in [5, 5.41) is 8.56. The van der Waals surface area contributed by atoms with E-state index < -0.39 is 11.5 Å². The van der Waals surface area contributed by atoms with Crippen LogP contribution < -0.4 is 10.3 Å². The largest absolute Gasteiger partial charge is 0.488 e. The number of rotatable bonds is 5. The number of aliphatic carboxylic acids is 1.